The molecule has 0 saturated carbocycles. The average molecular weight is 266 g/mol. The molecule has 1 aromatic rings. The summed E-state index contributed by atoms with van der Waals surface area (Å²) in [5.74, 6) is 0.227. The molecular formula is C14H22N2O3. The summed E-state index contributed by atoms with van der Waals surface area (Å²) in [4.78, 5) is 11.4. The zero-order valence-corrected chi connectivity index (χ0v) is 11.2. The van der Waals surface area contributed by atoms with Crippen molar-refractivity contribution in [1.29, 1.82) is 0 Å². The van der Waals surface area contributed by atoms with E-state index in [4.69, 9.17) is 0 Å². The number of amides is 2. The Hall–Kier alpha value is -1.75. The van der Waals surface area contributed by atoms with Crippen molar-refractivity contribution >= 4 is 6.03 Å². The maximum Gasteiger partial charge on any atom is 0.314 e. The molecule has 4 N–H and O–H groups in total. The summed E-state index contributed by atoms with van der Waals surface area (Å²) in [7, 11) is 0. The van der Waals surface area contributed by atoms with Crippen LogP contribution in [0.15, 0.2) is 24.3 Å². The quantitative estimate of drug-likeness (QED) is 0.602. The maximum absolute atomic E-state index is 11.4. The number of phenols is 1. The molecule has 2 amide bonds. The van der Waals surface area contributed by atoms with Crippen molar-refractivity contribution in [3.05, 3.63) is 29.8 Å². The van der Waals surface area contributed by atoms with Crippen LogP contribution in [0.25, 0.3) is 0 Å². The lowest BCUT2D eigenvalue weighted by Gasteiger charge is -2.11. The molecule has 0 aromatic heterocycles. The molecule has 0 saturated heterocycles. The maximum atomic E-state index is 11.4. The fraction of sp³-hybridized carbons (Fsp3) is 0.500. The zero-order valence-electron chi connectivity index (χ0n) is 11.2. The second kappa shape index (κ2) is 8.37. The highest BCUT2D eigenvalue weighted by molar-refractivity contribution is 5.73. The number of aliphatic hydroxyl groups is 1. The number of carbonyl (C=O) groups is 1. The second-order valence-electron chi connectivity index (χ2n) is 4.50. The van der Waals surface area contributed by atoms with Crippen LogP contribution in [0, 0.1) is 0 Å². The van der Waals surface area contributed by atoms with Crippen molar-refractivity contribution in [3.63, 3.8) is 0 Å². The fourth-order valence-corrected chi connectivity index (χ4v) is 1.74. The standard InChI is InChI=1S/C14H22N2O3/c1-2-4-13(18)10-16-14(19)15-8-7-11-5-3-6-12(17)9-11/h3,5-6,9,13,17-18H,2,4,7-8,10H2,1H3,(H2,15,16,19). The van der Waals surface area contributed by atoms with E-state index < -0.39 is 6.10 Å². The lowest BCUT2D eigenvalue weighted by atomic mass is 10.1. The first kappa shape index (κ1) is 15.3. The first-order valence-corrected chi connectivity index (χ1v) is 6.59. The monoisotopic (exact) mass is 266 g/mol. The van der Waals surface area contributed by atoms with E-state index in [0.717, 1.165) is 12.0 Å². The summed E-state index contributed by atoms with van der Waals surface area (Å²) in [5, 5.41) is 24.1. The third-order valence-electron chi connectivity index (χ3n) is 2.73. The van der Waals surface area contributed by atoms with E-state index >= 15 is 0 Å². The van der Waals surface area contributed by atoms with Gasteiger partial charge in [0.1, 0.15) is 5.75 Å². The first-order valence-electron chi connectivity index (χ1n) is 6.59. The van der Waals surface area contributed by atoms with Gasteiger partial charge < -0.3 is 20.8 Å². The molecule has 106 valence electrons. The molecule has 5 nitrogen and oxygen atoms in total. The zero-order chi connectivity index (χ0) is 14.1. The van der Waals surface area contributed by atoms with Crippen LogP contribution in [0.3, 0.4) is 0 Å². The number of benzene rings is 1. The Morgan fingerprint density at radius 2 is 2.16 bits per heavy atom. The largest absolute Gasteiger partial charge is 0.508 e. The van der Waals surface area contributed by atoms with Crippen molar-refractivity contribution in [2.45, 2.75) is 32.3 Å². The molecule has 0 aliphatic heterocycles. The van der Waals surface area contributed by atoms with Crippen molar-refractivity contribution in [3.8, 4) is 5.75 Å². The van der Waals surface area contributed by atoms with Gasteiger partial charge >= 0.3 is 6.03 Å². The Morgan fingerprint density at radius 1 is 1.37 bits per heavy atom. The van der Waals surface area contributed by atoms with Crippen LogP contribution >= 0.6 is 0 Å². The van der Waals surface area contributed by atoms with Crippen LogP contribution in [0.2, 0.25) is 0 Å². The van der Waals surface area contributed by atoms with Gasteiger partial charge in [0, 0.05) is 13.1 Å². The average Bonchev–Trinajstić information content (AvgIpc) is 2.37. The number of urea groups is 1. The Balaban J connectivity index is 2.17. The van der Waals surface area contributed by atoms with Gasteiger partial charge in [-0.15, -0.1) is 0 Å². The summed E-state index contributed by atoms with van der Waals surface area (Å²) >= 11 is 0. The van der Waals surface area contributed by atoms with Crippen molar-refractivity contribution in [2.24, 2.45) is 0 Å². The number of phenolic OH excluding ortho intramolecular Hbond substituents is 1. The summed E-state index contributed by atoms with van der Waals surface area (Å²) < 4.78 is 0. The van der Waals surface area contributed by atoms with Crippen LogP contribution in [0.1, 0.15) is 25.3 Å². The Labute approximate surface area is 113 Å². The third-order valence-corrected chi connectivity index (χ3v) is 2.73. The highest BCUT2D eigenvalue weighted by atomic mass is 16.3. The van der Waals surface area contributed by atoms with Crippen LogP contribution < -0.4 is 10.6 Å². The predicted octanol–water partition coefficient (Wildman–Crippen LogP) is 1.39. The molecule has 1 rings (SSSR count). The highest BCUT2D eigenvalue weighted by Gasteiger charge is 2.05. The minimum Gasteiger partial charge on any atom is -0.508 e. The molecule has 1 atom stereocenters. The molecule has 0 aliphatic rings. The summed E-state index contributed by atoms with van der Waals surface area (Å²) in [5.41, 5.74) is 0.964. The molecule has 0 fully saturated rings. The van der Waals surface area contributed by atoms with Crippen molar-refractivity contribution in [1.82, 2.24) is 10.6 Å². The number of rotatable bonds is 7. The molecule has 0 aliphatic carbocycles. The van der Waals surface area contributed by atoms with E-state index in [0.29, 0.717) is 19.4 Å². The number of nitrogens with one attached hydrogen (secondary N) is 2. The van der Waals surface area contributed by atoms with Gasteiger partial charge in [-0.3, -0.25) is 0 Å². The SMILES string of the molecule is CCCC(O)CNC(=O)NCCc1cccc(O)c1. The molecule has 0 bridgehead atoms. The summed E-state index contributed by atoms with van der Waals surface area (Å²) in [6.45, 7) is 2.74. The van der Waals surface area contributed by atoms with Gasteiger partial charge in [0.05, 0.1) is 6.10 Å². The van der Waals surface area contributed by atoms with E-state index in [1.807, 2.05) is 13.0 Å². The lowest BCUT2D eigenvalue weighted by molar-refractivity contribution is 0.160. The minimum atomic E-state index is -0.484. The summed E-state index contributed by atoms with van der Waals surface area (Å²) in [6, 6.07) is 6.66. The molecule has 1 unspecified atom stereocenters. The Kier molecular flexibility index (Phi) is 6.74. The third kappa shape index (κ3) is 6.67. The molecular weight excluding hydrogens is 244 g/mol. The fourth-order valence-electron chi connectivity index (χ4n) is 1.74. The second-order valence-corrected chi connectivity index (χ2v) is 4.50. The van der Waals surface area contributed by atoms with Crippen molar-refractivity contribution in [2.75, 3.05) is 13.1 Å². The smallest absolute Gasteiger partial charge is 0.314 e. The highest BCUT2D eigenvalue weighted by Crippen LogP contribution is 2.10. The molecule has 0 heterocycles. The van der Waals surface area contributed by atoms with Crippen LogP contribution in [0.5, 0.6) is 5.75 Å². The van der Waals surface area contributed by atoms with Crippen molar-refractivity contribution < 1.29 is 15.0 Å². The molecule has 0 spiro atoms. The predicted molar refractivity (Wildman–Crippen MR) is 74.1 cm³/mol. The van der Waals surface area contributed by atoms with Gasteiger partial charge in [0.2, 0.25) is 0 Å². The van der Waals surface area contributed by atoms with Gasteiger partial charge in [-0.1, -0.05) is 25.5 Å². The Morgan fingerprint density at radius 3 is 2.84 bits per heavy atom. The number of hydrogen-bond donors (Lipinski definition) is 4. The van der Waals surface area contributed by atoms with Gasteiger partial charge in [-0.25, -0.2) is 4.79 Å². The number of hydrogen-bond acceptors (Lipinski definition) is 3. The number of carbonyl (C=O) groups excluding carboxylic acids is 1. The van der Waals surface area contributed by atoms with E-state index in [-0.39, 0.29) is 18.3 Å². The van der Waals surface area contributed by atoms with Gasteiger partial charge in [-0.05, 0) is 30.5 Å². The normalized spacial score (nSPS) is 11.9. The number of aromatic hydroxyl groups is 1. The van der Waals surface area contributed by atoms with Gasteiger partial charge in [0.15, 0.2) is 0 Å². The Bertz CT molecular complexity index is 396. The number of aliphatic hydroxyl groups excluding tert-OH is 1. The van der Waals surface area contributed by atoms with E-state index in [1.165, 1.54) is 0 Å². The van der Waals surface area contributed by atoms with Crippen LogP contribution in [0.4, 0.5) is 4.79 Å². The van der Waals surface area contributed by atoms with Crippen LogP contribution in [-0.2, 0) is 6.42 Å². The topological polar surface area (TPSA) is 81.6 Å². The lowest BCUT2D eigenvalue weighted by Crippen LogP contribution is -2.40. The van der Waals surface area contributed by atoms with Gasteiger partial charge in [-0.2, -0.15) is 0 Å². The van der Waals surface area contributed by atoms with E-state index in [1.54, 1.807) is 18.2 Å². The summed E-state index contributed by atoms with van der Waals surface area (Å²) in [6.07, 6.45) is 1.74. The first-order chi connectivity index (χ1) is 9.11. The van der Waals surface area contributed by atoms with E-state index in [2.05, 4.69) is 10.6 Å². The molecule has 0 radical (unpaired) electrons. The molecule has 1 aromatic carbocycles. The minimum absolute atomic E-state index is 0.227. The van der Waals surface area contributed by atoms with Gasteiger partial charge in [0.25, 0.3) is 0 Å². The molecule has 19 heavy (non-hydrogen) atoms. The molecule has 5 heteroatoms. The van der Waals surface area contributed by atoms with E-state index in [9.17, 15) is 15.0 Å². The van der Waals surface area contributed by atoms with Crippen LogP contribution in [-0.4, -0.2) is 35.4 Å².